The summed E-state index contributed by atoms with van der Waals surface area (Å²) in [4.78, 5) is 15.9. The maximum Gasteiger partial charge on any atom is 0.150 e. The number of hydrogen-bond acceptors (Lipinski definition) is 3. The molecule has 0 unspecified atom stereocenters. The van der Waals surface area contributed by atoms with Gasteiger partial charge in [-0.2, -0.15) is 0 Å². The molecule has 3 rings (SSSR count). The minimum atomic E-state index is 0.779. The molecule has 4 heteroatoms. The molecule has 0 atom stereocenters. The third-order valence-corrected chi connectivity index (χ3v) is 4.23. The van der Waals surface area contributed by atoms with Gasteiger partial charge in [-0.3, -0.25) is 9.69 Å². The molecule has 1 aliphatic rings. The van der Waals surface area contributed by atoms with E-state index >= 15 is 0 Å². The van der Waals surface area contributed by atoms with E-state index in [-0.39, 0.29) is 0 Å². The minimum Gasteiger partial charge on any atom is -0.346 e. The van der Waals surface area contributed by atoms with Gasteiger partial charge >= 0.3 is 0 Å². The van der Waals surface area contributed by atoms with E-state index < -0.39 is 0 Å². The van der Waals surface area contributed by atoms with E-state index in [0.717, 1.165) is 62.0 Å². The highest BCUT2D eigenvalue weighted by atomic mass is 16.1. The van der Waals surface area contributed by atoms with Crippen LogP contribution in [-0.4, -0.2) is 60.4 Å². The van der Waals surface area contributed by atoms with Crippen molar-refractivity contribution < 1.29 is 4.79 Å². The lowest BCUT2D eigenvalue weighted by Gasteiger charge is -2.32. The number of aldehydes is 1. The summed E-state index contributed by atoms with van der Waals surface area (Å²) in [5.41, 5.74) is 1.93. The third-order valence-electron chi connectivity index (χ3n) is 4.23. The van der Waals surface area contributed by atoms with Crippen molar-refractivity contribution in [2.45, 2.75) is 6.54 Å². The Morgan fingerprint density at radius 2 is 1.90 bits per heavy atom. The Morgan fingerprint density at radius 1 is 1.10 bits per heavy atom. The molecule has 4 nitrogen and oxygen atoms in total. The predicted octanol–water partition coefficient (Wildman–Crippen LogP) is 1.70. The van der Waals surface area contributed by atoms with Crippen LogP contribution in [0.4, 0.5) is 0 Å². The first-order chi connectivity index (χ1) is 9.78. The largest absolute Gasteiger partial charge is 0.346 e. The fourth-order valence-electron chi connectivity index (χ4n) is 2.87. The molecule has 106 valence electrons. The molecule has 1 aromatic carbocycles. The van der Waals surface area contributed by atoms with Crippen molar-refractivity contribution in [3.63, 3.8) is 0 Å². The molecule has 1 saturated heterocycles. The van der Waals surface area contributed by atoms with Gasteiger partial charge in [0, 0.05) is 61.9 Å². The van der Waals surface area contributed by atoms with Crippen LogP contribution in [0, 0.1) is 0 Å². The molecule has 0 N–H and O–H groups in total. The first kappa shape index (κ1) is 13.3. The number of likely N-dealkylation sites (N-methyl/N-ethyl adjacent to an activating group) is 1. The van der Waals surface area contributed by atoms with E-state index in [1.54, 1.807) is 0 Å². The quantitative estimate of drug-likeness (QED) is 0.793. The van der Waals surface area contributed by atoms with E-state index in [4.69, 9.17) is 0 Å². The van der Waals surface area contributed by atoms with Crippen molar-refractivity contribution in [1.82, 2.24) is 14.4 Å². The van der Waals surface area contributed by atoms with Crippen LogP contribution in [-0.2, 0) is 6.54 Å². The second-order valence-electron chi connectivity index (χ2n) is 5.55. The Kier molecular flexibility index (Phi) is 3.85. The summed E-state index contributed by atoms with van der Waals surface area (Å²) in [5.74, 6) is 0. The van der Waals surface area contributed by atoms with Crippen LogP contribution in [0.5, 0.6) is 0 Å². The standard InChI is InChI=1S/C16H21N3O/c1-17-7-9-18(10-8-17)11-12-19-6-5-15-14(13-20)3-2-4-16(15)19/h2-6,13H,7-12H2,1H3. The maximum atomic E-state index is 11.0. The van der Waals surface area contributed by atoms with E-state index in [9.17, 15) is 4.79 Å². The molecular formula is C16H21N3O. The summed E-state index contributed by atoms with van der Waals surface area (Å²) in [6.45, 7) is 6.66. The molecule has 1 aliphatic heterocycles. The summed E-state index contributed by atoms with van der Waals surface area (Å²) in [6, 6.07) is 7.97. The van der Waals surface area contributed by atoms with Crippen LogP contribution in [0.3, 0.4) is 0 Å². The zero-order valence-corrected chi connectivity index (χ0v) is 12.0. The third kappa shape index (κ3) is 2.62. The van der Waals surface area contributed by atoms with Crippen LogP contribution in [0.15, 0.2) is 30.5 Å². The maximum absolute atomic E-state index is 11.0. The average molecular weight is 271 g/mol. The van der Waals surface area contributed by atoms with Crippen molar-refractivity contribution in [3.05, 3.63) is 36.0 Å². The molecule has 2 heterocycles. The van der Waals surface area contributed by atoms with Crippen LogP contribution < -0.4 is 0 Å². The van der Waals surface area contributed by atoms with Gasteiger partial charge < -0.3 is 9.47 Å². The predicted molar refractivity (Wildman–Crippen MR) is 81.3 cm³/mol. The van der Waals surface area contributed by atoms with Crippen LogP contribution in [0.2, 0.25) is 0 Å². The van der Waals surface area contributed by atoms with Crippen molar-refractivity contribution in [1.29, 1.82) is 0 Å². The molecule has 0 radical (unpaired) electrons. The molecule has 0 bridgehead atoms. The fraction of sp³-hybridized carbons (Fsp3) is 0.438. The van der Waals surface area contributed by atoms with Gasteiger partial charge in [0.2, 0.25) is 0 Å². The second kappa shape index (κ2) is 5.77. The Labute approximate surface area is 119 Å². The highest BCUT2D eigenvalue weighted by Crippen LogP contribution is 2.19. The van der Waals surface area contributed by atoms with Crippen molar-refractivity contribution in [2.24, 2.45) is 0 Å². The summed E-state index contributed by atoms with van der Waals surface area (Å²) in [6.07, 6.45) is 3.03. The summed E-state index contributed by atoms with van der Waals surface area (Å²) < 4.78 is 2.25. The normalized spacial score (nSPS) is 17.6. The summed E-state index contributed by atoms with van der Waals surface area (Å²) in [5, 5.41) is 1.06. The molecule has 20 heavy (non-hydrogen) atoms. The zero-order chi connectivity index (χ0) is 13.9. The van der Waals surface area contributed by atoms with E-state index in [2.05, 4.69) is 33.7 Å². The van der Waals surface area contributed by atoms with Crippen LogP contribution >= 0.6 is 0 Å². The number of rotatable bonds is 4. The minimum absolute atomic E-state index is 0.779. The lowest BCUT2D eigenvalue weighted by Crippen LogP contribution is -2.45. The van der Waals surface area contributed by atoms with Crippen molar-refractivity contribution >= 4 is 17.2 Å². The molecule has 1 aromatic heterocycles. The molecule has 2 aromatic rings. The number of benzene rings is 1. The molecule has 1 fully saturated rings. The van der Waals surface area contributed by atoms with Gasteiger partial charge in [-0.15, -0.1) is 0 Å². The Balaban J connectivity index is 1.70. The highest BCUT2D eigenvalue weighted by molar-refractivity contribution is 5.97. The Hall–Kier alpha value is -1.65. The molecule has 0 spiro atoms. The van der Waals surface area contributed by atoms with E-state index in [0.29, 0.717) is 0 Å². The van der Waals surface area contributed by atoms with E-state index in [1.165, 1.54) is 0 Å². The molecule has 0 aliphatic carbocycles. The lowest BCUT2D eigenvalue weighted by molar-refractivity contribution is 0.112. The lowest BCUT2D eigenvalue weighted by atomic mass is 10.1. The van der Waals surface area contributed by atoms with Crippen LogP contribution in [0.25, 0.3) is 10.9 Å². The van der Waals surface area contributed by atoms with Gasteiger partial charge in [-0.25, -0.2) is 0 Å². The van der Waals surface area contributed by atoms with Gasteiger partial charge in [0.1, 0.15) is 0 Å². The van der Waals surface area contributed by atoms with Gasteiger partial charge in [0.05, 0.1) is 0 Å². The molecule has 0 amide bonds. The Bertz CT molecular complexity index is 597. The highest BCUT2D eigenvalue weighted by Gasteiger charge is 2.13. The first-order valence-electron chi connectivity index (χ1n) is 7.22. The van der Waals surface area contributed by atoms with Gasteiger partial charge in [0.15, 0.2) is 6.29 Å². The monoisotopic (exact) mass is 271 g/mol. The van der Waals surface area contributed by atoms with Gasteiger partial charge in [-0.1, -0.05) is 12.1 Å². The SMILES string of the molecule is CN1CCN(CCn2ccc3c(C=O)cccc32)CC1. The second-order valence-corrected chi connectivity index (χ2v) is 5.55. The topological polar surface area (TPSA) is 28.5 Å². The van der Waals surface area contributed by atoms with Crippen LogP contribution in [0.1, 0.15) is 10.4 Å². The molecule has 0 saturated carbocycles. The van der Waals surface area contributed by atoms with Gasteiger partial charge in [0.25, 0.3) is 0 Å². The fourth-order valence-corrected chi connectivity index (χ4v) is 2.87. The number of nitrogens with zero attached hydrogens (tertiary/aromatic N) is 3. The number of aromatic nitrogens is 1. The number of piperazine rings is 1. The Morgan fingerprint density at radius 3 is 2.65 bits per heavy atom. The number of carbonyl (C=O) groups is 1. The van der Waals surface area contributed by atoms with E-state index in [1.807, 2.05) is 18.2 Å². The molecular weight excluding hydrogens is 250 g/mol. The first-order valence-corrected chi connectivity index (χ1v) is 7.22. The number of carbonyl (C=O) groups excluding carboxylic acids is 1. The van der Waals surface area contributed by atoms with Gasteiger partial charge in [-0.05, 0) is 19.2 Å². The average Bonchev–Trinajstić information content (AvgIpc) is 2.90. The van der Waals surface area contributed by atoms with Crippen molar-refractivity contribution in [2.75, 3.05) is 39.8 Å². The summed E-state index contributed by atoms with van der Waals surface area (Å²) in [7, 11) is 2.18. The smallest absolute Gasteiger partial charge is 0.150 e. The number of hydrogen-bond donors (Lipinski definition) is 0. The van der Waals surface area contributed by atoms with Crippen molar-refractivity contribution in [3.8, 4) is 0 Å². The zero-order valence-electron chi connectivity index (χ0n) is 12.0. The number of fused-ring (bicyclic) bond motifs is 1. The summed E-state index contributed by atoms with van der Waals surface area (Å²) >= 11 is 0.